The number of alkyl halides is 3. The van der Waals surface area contributed by atoms with E-state index >= 15 is 0 Å². The standard InChI is InChI=1S/C15H13F3N4O4S/c16-15(17,18)8-2-1-3-9(6-8)19-11(23)7-27-14-20-13(26)10(21-22-14)4-5-12(24)25/h1-3,6,10H,4-5,7H2,(H,19,23)(H,24,25). The number of rotatable bonds is 6. The molecule has 0 spiro atoms. The Balaban J connectivity index is 1.86. The maximum atomic E-state index is 12.6. The first-order chi connectivity index (χ1) is 12.6. The van der Waals surface area contributed by atoms with E-state index in [9.17, 15) is 27.6 Å². The largest absolute Gasteiger partial charge is 0.481 e. The van der Waals surface area contributed by atoms with Crippen LogP contribution in [0, 0.1) is 0 Å². The topological polar surface area (TPSA) is 121 Å². The highest BCUT2D eigenvalue weighted by atomic mass is 32.2. The van der Waals surface area contributed by atoms with Gasteiger partial charge in [0.15, 0.2) is 6.04 Å². The quantitative estimate of drug-likeness (QED) is 0.758. The van der Waals surface area contributed by atoms with E-state index in [1.165, 1.54) is 12.1 Å². The van der Waals surface area contributed by atoms with E-state index < -0.39 is 35.6 Å². The van der Waals surface area contributed by atoms with Crippen LogP contribution in [0.25, 0.3) is 0 Å². The molecule has 0 aliphatic carbocycles. The first-order valence-corrected chi connectivity index (χ1v) is 8.49. The number of thioether (sulfide) groups is 1. The Labute approximate surface area is 155 Å². The lowest BCUT2D eigenvalue weighted by atomic mass is 10.1. The summed E-state index contributed by atoms with van der Waals surface area (Å²) in [5.74, 6) is -2.60. The number of carboxylic acid groups (broad SMARTS) is 1. The van der Waals surface area contributed by atoms with Crippen LogP contribution in [0.1, 0.15) is 18.4 Å². The van der Waals surface area contributed by atoms with Gasteiger partial charge in [0.25, 0.3) is 5.91 Å². The molecule has 8 nitrogen and oxygen atoms in total. The Hall–Kier alpha value is -2.76. The number of azo groups is 1. The van der Waals surface area contributed by atoms with Crippen LogP contribution >= 0.6 is 11.8 Å². The number of amides is 2. The highest BCUT2D eigenvalue weighted by Gasteiger charge is 2.30. The molecule has 1 unspecified atom stereocenters. The summed E-state index contributed by atoms with van der Waals surface area (Å²) in [5.41, 5.74) is -0.913. The molecule has 144 valence electrons. The predicted octanol–water partition coefficient (Wildman–Crippen LogP) is 2.96. The molecular weight excluding hydrogens is 389 g/mol. The van der Waals surface area contributed by atoms with Crippen molar-refractivity contribution in [1.82, 2.24) is 0 Å². The molecule has 27 heavy (non-hydrogen) atoms. The molecule has 2 amide bonds. The summed E-state index contributed by atoms with van der Waals surface area (Å²) in [6.07, 6.45) is -4.81. The van der Waals surface area contributed by atoms with E-state index in [0.29, 0.717) is 0 Å². The van der Waals surface area contributed by atoms with Gasteiger partial charge in [0.05, 0.1) is 11.3 Å². The molecule has 1 aliphatic heterocycles. The minimum Gasteiger partial charge on any atom is -0.481 e. The summed E-state index contributed by atoms with van der Waals surface area (Å²) in [4.78, 5) is 37.7. The van der Waals surface area contributed by atoms with Crippen LogP contribution in [0.3, 0.4) is 0 Å². The zero-order valence-electron chi connectivity index (χ0n) is 13.6. The zero-order valence-corrected chi connectivity index (χ0v) is 14.4. The fourth-order valence-electron chi connectivity index (χ4n) is 1.96. The minimum atomic E-state index is -4.52. The maximum absolute atomic E-state index is 12.6. The number of benzene rings is 1. The molecule has 12 heteroatoms. The van der Waals surface area contributed by atoms with Gasteiger partial charge in [0.1, 0.15) is 0 Å². The van der Waals surface area contributed by atoms with E-state index in [2.05, 4.69) is 20.5 Å². The fourth-order valence-corrected chi connectivity index (χ4v) is 2.55. The smallest absolute Gasteiger partial charge is 0.416 e. The van der Waals surface area contributed by atoms with Crippen LogP contribution in [0.15, 0.2) is 39.5 Å². The summed E-state index contributed by atoms with van der Waals surface area (Å²) >= 11 is 0.783. The van der Waals surface area contributed by atoms with E-state index in [1.807, 2.05) is 0 Å². The minimum absolute atomic E-state index is 0.0209. The molecule has 2 rings (SSSR count). The molecule has 1 atom stereocenters. The second-order valence-electron chi connectivity index (χ2n) is 5.31. The van der Waals surface area contributed by atoms with Gasteiger partial charge in [-0.1, -0.05) is 17.8 Å². The van der Waals surface area contributed by atoms with Crippen LogP contribution in [-0.4, -0.2) is 39.9 Å². The third-order valence-corrected chi connectivity index (χ3v) is 4.05. The molecule has 1 aromatic rings. The van der Waals surface area contributed by atoms with E-state index in [4.69, 9.17) is 5.11 Å². The molecule has 0 saturated heterocycles. The first-order valence-electron chi connectivity index (χ1n) is 7.50. The van der Waals surface area contributed by atoms with Gasteiger partial charge in [-0.25, -0.2) is 0 Å². The highest BCUT2D eigenvalue weighted by Crippen LogP contribution is 2.30. The number of nitrogens with zero attached hydrogens (tertiary/aromatic N) is 3. The number of hydrogen-bond acceptors (Lipinski definition) is 6. The Bertz CT molecular complexity index is 810. The highest BCUT2D eigenvalue weighted by molar-refractivity contribution is 8.14. The number of hydrogen-bond donors (Lipinski definition) is 2. The second-order valence-corrected chi connectivity index (χ2v) is 6.25. The number of carbonyl (C=O) groups excluding carboxylic acids is 2. The van der Waals surface area contributed by atoms with Crippen molar-refractivity contribution in [2.24, 2.45) is 15.2 Å². The molecule has 1 aromatic carbocycles. The van der Waals surface area contributed by atoms with Crippen molar-refractivity contribution in [2.45, 2.75) is 25.1 Å². The average Bonchev–Trinajstić information content (AvgIpc) is 2.58. The molecule has 0 aromatic heterocycles. The monoisotopic (exact) mass is 402 g/mol. The Morgan fingerprint density at radius 3 is 2.67 bits per heavy atom. The summed E-state index contributed by atoms with van der Waals surface area (Å²) < 4.78 is 37.9. The molecular formula is C15H13F3N4O4S. The number of aliphatic imine (C=N–C) groups is 1. The Morgan fingerprint density at radius 1 is 1.30 bits per heavy atom. The number of aliphatic carboxylic acids is 1. The Kier molecular flexibility index (Phi) is 6.66. The van der Waals surface area contributed by atoms with Gasteiger partial charge in [-0.2, -0.15) is 23.3 Å². The van der Waals surface area contributed by atoms with Crippen LogP contribution < -0.4 is 5.32 Å². The van der Waals surface area contributed by atoms with E-state index in [-0.39, 0.29) is 29.4 Å². The maximum Gasteiger partial charge on any atom is 0.416 e. The number of halogens is 3. The second kappa shape index (κ2) is 8.75. The molecule has 0 fully saturated rings. The molecule has 1 heterocycles. The van der Waals surface area contributed by atoms with Crippen molar-refractivity contribution in [3.05, 3.63) is 29.8 Å². The molecule has 0 radical (unpaired) electrons. The van der Waals surface area contributed by atoms with Gasteiger partial charge in [-0.05, 0) is 24.6 Å². The van der Waals surface area contributed by atoms with E-state index in [0.717, 1.165) is 23.9 Å². The van der Waals surface area contributed by atoms with Crippen molar-refractivity contribution >= 4 is 40.4 Å². The molecule has 2 N–H and O–H groups in total. The number of nitrogens with one attached hydrogen (secondary N) is 1. The van der Waals surface area contributed by atoms with Crippen molar-refractivity contribution in [3.8, 4) is 0 Å². The van der Waals surface area contributed by atoms with Crippen molar-refractivity contribution in [2.75, 3.05) is 11.1 Å². The third-order valence-electron chi connectivity index (χ3n) is 3.21. The summed E-state index contributed by atoms with van der Waals surface area (Å²) in [6, 6.07) is 3.20. The predicted molar refractivity (Wildman–Crippen MR) is 90.5 cm³/mol. The number of amidine groups is 1. The van der Waals surface area contributed by atoms with Gasteiger partial charge in [0.2, 0.25) is 11.1 Å². The number of anilines is 1. The SMILES string of the molecule is O=C(O)CCC1N=NC(SCC(=O)Nc2cccc(C(F)(F)F)c2)=NC1=O. The van der Waals surface area contributed by atoms with Gasteiger partial charge >= 0.3 is 12.1 Å². The van der Waals surface area contributed by atoms with Gasteiger partial charge < -0.3 is 10.4 Å². The van der Waals surface area contributed by atoms with Crippen LogP contribution in [0.4, 0.5) is 18.9 Å². The summed E-state index contributed by atoms with van der Waals surface area (Å²) in [5, 5.41) is 18.1. The van der Waals surface area contributed by atoms with Crippen LogP contribution in [-0.2, 0) is 20.6 Å². The Morgan fingerprint density at radius 2 is 2.04 bits per heavy atom. The lowest BCUT2D eigenvalue weighted by molar-refractivity contribution is -0.138. The van der Waals surface area contributed by atoms with Crippen molar-refractivity contribution < 1.29 is 32.7 Å². The molecule has 0 saturated carbocycles. The molecule has 0 bridgehead atoms. The van der Waals surface area contributed by atoms with Gasteiger partial charge in [-0.3, -0.25) is 14.4 Å². The molecule has 1 aliphatic rings. The summed E-state index contributed by atoms with van der Waals surface area (Å²) in [6.45, 7) is 0. The van der Waals surface area contributed by atoms with Crippen LogP contribution in [0.2, 0.25) is 0 Å². The van der Waals surface area contributed by atoms with Crippen molar-refractivity contribution in [1.29, 1.82) is 0 Å². The number of carbonyl (C=O) groups is 3. The van der Waals surface area contributed by atoms with Crippen molar-refractivity contribution in [3.63, 3.8) is 0 Å². The van der Waals surface area contributed by atoms with Gasteiger partial charge in [0, 0.05) is 12.1 Å². The van der Waals surface area contributed by atoms with E-state index in [1.54, 1.807) is 0 Å². The van der Waals surface area contributed by atoms with Gasteiger partial charge in [-0.15, -0.1) is 5.11 Å². The summed E-state index contributed by atoms with van der Waals surface area (Å²) in [7, 11) is 0. The zero-order chi connectivity index (χ0) is 20.0. The average molecular weight is 402 g/mol. The normalized spacial score (nSPS) is 16.8. The van der Waals surface area contributed by atoms with Crippen LogP contribution in [0.5, 0.6) is 0 Å². The first kappa shape index (κ1) is 20.6. The lowest BCUT2D eigenvalue weighted by Gasteiger charge is -2.11. The third kappa shape index (κ3) is 6.47. The number of carboxylic acids is 1. The fraction of sp³-hybridized carbons (Fsp3) is 0.333. The lowest BCUT2D eigenvalue weighted by Crippen LogP contribution is -2.22.